The zero-order valence-corrected chi connectivity index (χ0v) is 11.7. The third kappa shape index (κ3) is 5.47. The lowest BCUT2D eigenvalue weighted by Gasteiger charge is -2.12. The fraction of sp³-hybridized carbons (Fsp3) is 0.643. The van der Waals surface area contributed by atoms with Crippen molar-refractivity contribution in [3.63, 3.8) is 0 Å². The van der Waals surface area contributed by atoms with Crippen LogP contribution in [0.5, 0.6) is 5.75 Å². The maximum absolute atomic E-state index is 5.79. The lowest BCUT2D eigenvalue weighted by Crippen LogP contribution is -2.15. The van der Waals surface area contributed by atoms with Crippen molar-refractivity contribution in [3.05, 3.63) is 23.5 Å². The van der Waals surface area contributed by atoms with Crippen LogP contribution in [0.4, 0.5) is 0 Å². The maximum Gasteiger partial charge on any atom is 0.127 e. The third-order valence-corrected chi connectivity index (χ3v) is 2.57. The Kier molecular flexibility index (Phi) is 7.37. The summed E-state index contributed by atoms with van der Waals surface area (Å²) in [6, 6.07) is 2.00. The van der Waals surface area contributed by atoms with Crippen molar-refractivity contribution in [3.8, 4) is 5.75 Å². The molecule has 4 nitrogen and oxygen atoms in total. The molecule has 0 saturated heterocycles. The summed E-state index contributed by atoms with van der Waals surface area (Å²) in [4.78, 5) is 4.32. The van der Waals surface area contributed by atoms with Crippen molar-refractivity contribution in [1.82, 2.24) is 10.3 Å². The van der Waals surface area contributed by atoms with Gasteiger partial charge in [-0.1, -0.05) is 6.92 Å². The molecule has 0 bridgehead atoms. The molecular formula is C14H24N2O2. The van der Waals surface area contributed by atoms with Gasteiger partial charge in [-0.05, 0) is 19.9 Å². The van der Waals surface area contributed by atoms with Crippen LogP contribution in [0.2, 0.25) is 0 Å². The van der Waals surface area contributed by atoms with Gasteiger partial charge in [0.05, 0.1) is 6.61 Å². The maximum atomic E-state index is 5.79. The Morgan fingerprint density at radius 2 is 2.17 bits per heavy atom. The second kappa shape index (κ2) is 8.89. The zero-order valence-electron chi connectivity index (χ0n) is 11.7. The molecule has 0 aromatic carbocycles. The minimum atomic E-state index is 0.679. The molecule has 0 fully saturated rings. The van der Waals surface area contributed by atoms with Gasteiger partial charge in [-0.3, -0.25) is 4.98 Å². The monoisotopic (exact) mass is 252 g/mol. The zero-order chi connectivity index (χ0) is 13.2. The predicted octanol–water partition coefficient (Wildman–Crippen LogP) is 2.30. The number of nitrogens with one attached hydrogen (secondary N) is 1. The van der Waals surface area contributed by atoms with Crippen LogP contribution < -0.4 is 10.1 Å². The van der Waals surface area contributed by atoms with Crippen LogP contribution in [-0.2, 0) is 11.3 Å². The second-order valence-electron chi connectivity index (χ2n) is 4.30. The predicted molar refractivity (Wildman–Crippen MR) is 73.0 cm³/mol. The van der Waals surface area contributed by atoms with Crippen molar-refractivity contribution in [1.29, 1.82) is 0 Å². The summed E-state index contributed by atoms with van der Waals surface area (Å²) in [6.07, 6.45) is 3.92. The number of ether oxygens (including phenoxy) is 2. The molecule has 1 rings (SSSR count). The summed E-state index contributed by atoms with van der Waals surface area (Å²) in [5, 5.41) is 3.37. The van der Waals surface area contributed by atoms with E-state index in [0.717, 1.165) is 49.5 Å². The first-order valence-corrected chi connectivity index (χ1v) is 6.56. The second-order valence-corrected chi connectivity index (χ2v) is 4.30. The fourth-order valence-corrected chi connectivity index (χ4v) is 1.62. The van der Waals surface area contributed by atoms with Crippen molar-refractivity contribution < 1.29 is 9.47 Å². The summed E-state index contributed by atoms with van der Waals surface area (Å²) in [5.74, 6) is 0.933. The van der Waals surface area contributed by atoms with Gasteiger partial charge in [-0.25, -0.2) is 0 Å². The van der Waals surface area contributed by atoms with E-state index in [1.165, 1.54) is 0 Å². The molecule has 0 radical (unpaired) electrons. The number of rotatable bonds is 9. The molecule has 18 heavy (non-hydrogen) atoms. The van der Waals surface area contributed by atoms with E-state index in [1.807, 2.05) is 19.2 Å². The van der Waals surface area contributed by atoms with Gasteiger partial charge in [0.1, 0.15) is 5.75 Å². The SMILES string of the molecule is CCCNCc1cnc(C)cc1OCCCOC. The lowest BCUT2D eigenvalue weighted by molar-refractivity contribution is 0.171. The van der Waals surface area contributed by atoms with E-state index in [-0.39, 0.29) is 0 Å². The van der Waals surface area contributed by atoms with Gasteiger partial charge in [-0.15, -0.1) is 0 Å². The average molecular weight is 252 g/mol. The molecule has 0 atom stereocenters. The van der Waals surface area contributed by atoms with Crippen LogP contribution in [0.1, 0.15) is 31.0 Å². The van der Waals surface area contributed by atoms with Gasteiger partial charge >= 0.3 is 0 Å². The van der Waals surface area contributed by atoms with Gasteiger partial charge in [0.15, 0.2) is 0 Å². The minimum absolute atomic E-state index is 0.679. The van der Waals surface area contributed by atoms with E-state index < -0.39 is 0 Å². The Morgan fingerprint density at radius 1 is 1.33 bits per heavy atom. The number of hydrogen-bond donors (Lipinski definition) is 1. The molecule has 4 heteroatoms. The molecule has 0 spiro atoms. The first-order chi connectivity index (χ1) is 8.77. The van der Waals surface area contributed by atoms with Gasteiger partial charge < -0.3 is 14.8 Å². The quantitative estimate of drug-likeness (QED) is 0.685. The highest BCUT2D eigenvalue weighted by molar-refractivity contribution is 5.32. The highest BCUT2D eigenvalue weighted by Gasteiger charge is 2.04. The largest absolute Gasteiger partial charge is 0.493 e. The molecule has 1 aromatic heterocycles. The highest BCUT2D eigenvalue weighted by Crippen LogP contribution is 2.18. The van der Waals surface area contributed by atoms with E-state index in [4.69, 9.17) is 9.47 Å². The van der Waals surface area contributed by atoms with E-state index in [2.05, 4.69) is 17.2 Å². The summed E-state index contributed by atoms with van der Waals surface area (Å²) in [6.45, 7) is 7.36. The Balaban J connectivity index is 2.53. The molecule has 102 valence electrons. The first-order valence-electron chi connectivity index (χ1n) is 6.56. The first kappa shape index (κ1) is 14.9. The molecule has 1 aromatic rings. The van der Waals surface area contributed by atoms with Crippen LogP contribution in [0.25, 0.3) is 0 Å². The number of hydrogen-bond acceptors (Lipinski definition) is 4. The number of pyridine rings is 1. The van der Waals surface area contributed by atoms with Crippen molar-refractivity contribution in [2.24, 2.45) is 0 Å². The molecular weight excluding hydrogens is 228 g/mol. The molecule has 0 saturated carbocycles. The van der Waals surface area contributed by atoms with Crippen LogP contribution in [0.15, 0.2) is 12.3 Å². The van der Waals surface area contributed by atoms with Crippen molar-refractivity contribution in [2.75, 3.05) is 26.9 Å². The minimum Gasteiger partial charge on any atom is -0.493 e. The van der Waals surface area contributed by atoms with Gasteiger partial charge in [0.2, 0.25) is 0 Å². The molecule has 0 amide bonds. The third-order valence-electron chi connectivity index (χ3n) is 2.57. The number of aryl methyl sites for hydroxylation is 1. The van der Waals surface area contributed by atoms with Crippen LogP contribution in [0.3, 0.4) is 0 Å². The molecule has 0 unspecified atom stereocenters. The summed E-state index contributed by atoms with van der Waals surface area (Å²) < 4.78 is 10.8. The van der Waals surface area contributed by atoms with Gasteiger partial charge in [-0.2, -0.15) is 0 Å². The molecule has 0 aliphatic heterocycles. The van der Waals surface area contributed by atoms with Crippen LogP contribution in [-0.4, -0.2) is 31.9 Å². The topological polar surface area (TPSA) is 43.4 Å². The van der Waals surface area contributed by atoms with Crippen LogP contribution in [0, 0.1) is 6.92 Å². The number of nitrogens with zero attached hydrogens (tertiary/aromatic N) is 1. The number of methoxy groups -OCH3 is 1. The van der Waals surface area contributed by atoms with E-state index in [9.17, 15) is 0 Å². The normalized spacial score (nSPS) is 10.6. The Hall–Kier alpha value is -1.13. The number of aromatic nitrogens is 1. The van der Waals surface area contributed by atoms with Crippen molar-refractivity contribution in [2.45, 2.75) is 33.2 Å². The summed E-state index contributed by atoms with van der Waals surface area (Å²) in [7, 11) is 1.71. The van der Waals surface area contributed by atoms with Crippen molar-refractivity contribution >= 4 is 0 Å². The molecule has 0 aliphatic carbocycles. The molecule has 0 aliphatic rings. The van der Waals surface area contributed by atoms with E-state index in [1.54, 1.807) is 7.11 Å². The van der Waals surface area contributed by atoms with E-state index in [0.29, 0.717) is 6.61 Å². The molecule has 1 heterocycles. The Bertz CT molecular complexity index is 343. The van der Waals surface area contributed by atoms with Crippen LogP contribution >= 0.6 is 0 Å². The fourth-order valence-electron chi connectivity index (χ4n) is 1.62. The van der Waals surface area contributed by atoms with E-state index >= 15 is 0 Å². The Labute approximate surface area is 110 Å². The smallest absolute Gasteiger partial charge is 0.127 e. The van der Waals surface area contributed by atoms with Gasteiger partial charge in [0, 0.05) is 50.2 Å². The lowest BCUT2D eigenvalue weighted by atomic mass is 10.2. The Morgan fingerprint density at radius 3 is 2.89 bits per heavy atom. The van der Waals surface area contributed by atoms with Gasteiger partial charge in [0.25, 0.3) is 0 Å². The highest BCUT2D eigenvalue weighted by atomic mass is 16.5. The summed E-state index contributed by atoms with van der Waals surface area (Å²) >= 11 is 0. The standard InChI is InChI=1S/C14H24N2O2/c1-4-6-15-10-13-11-16-12(2)9-14(13)18-8-5-7-17-3/h9,11,15H,4-8,10H2,1-3H3. The average Bonchev–Trinajstić information content (AvgIpc) is 2.37. The molecule has 1 N–H and O–H groups in total. The summed E-state index contributed by atoms with van der Waals surface area (Å²) in [5.41, 5.74) is 2.10.